The van der Waals surface area contributed by atoms with Gasteiger partial charge in [0.15, 0.2) is 0 Å². The average Bonchev–Trinajstić information content (AvgIpc) is 2.80. The molecule has 2 fully saturated rings. The maximum atomic E-state index is 11.7. The Hall–Kier alpha value is -0.810. The highest BCUT2D eigenvalue weighted by Crippen LogP contribution is 2.29. The molecule has 2 atom stereocenters. The van der Waals surface area contributed by atoms with Crippen LogP contribution in [0.15, 0.2) is 0 Å². The van der Waals surface area contributed by atoms with Crippen LogP contribution in [-0.4, -0.2) is 44.4 Å². The van der Waals surface area contributed by atoms with Crippen LogP contribution in [0.5, 0.6) is 0 Å². The molecule has 2 saturated heterocycles. The third-order valence-electron chi connectivity index (χ3n) is 4.06. The lowest BCUT2D eigenvalue weighted by atomic mass is 9.77. The van der Waals surface area contributed by atoms with Gasteiger partial charge in [0.2, 0.25) is 0 Å². The van der Waals surface area contributed by atoms with Crippen molar-refractivity contribution in [3.05, 3.63) is 0 Å². The van der Waals surface area contributed by atoms with E-state index in [1.54, 1.807) is 0 Å². The third kappa shape index (κ3) is 3.59. The third-order valence-corrected chi connectivity index (χ3v) is 4.06. The van der Waals surface area contributed by atoms with E-state index in [2.05, 4.69) is 29.8 Å². The predicted octanol–water partition coefficient (Wildman–Crippen LogP) is 0.853. The second-order valence-electron chi connectivity index (χ2n) is 6.01. The van der Waals surface area contributed by atoms with E-state index in [9.17, 15) is 4.79 Å². The minimum Gasteiger partial charge on any atom is -0.379 e. The van der Waals surface area contributed by atoms with Gasteiger partial charge in [-0.1, -0.05) is 13.8 Å². The first kappa shape index (κ1) is 13.6. The Morgan fingerprint density at radius 2 is 2.33 bits per heavy atom. The summed E-state index contributed by atoms with van der Waals surface area (Å²) in [4.78, 5) is 11.7. The Morgan fingerprint density at radius 3 is 3.00 bits per heavy atom. The van der Waals surface area contributed by atoms with E-state index < -0.39 is 0 Å². The van der Waals surface area contributed by atoms with Crippen LogP contribution in [0.4, 0.5) is 4.79 Å². The minimum atomic E-state index is -0.0753. The molecule has 0 radical (unpaired) electrons. The van der Waals surface area contributed by atoms with Gasteiger partial charge in [-0.05, 0) is 31.2 Å². The topological polar surface area (TPSA) is 62.4 Å². The summed E-state index contributed by atoms with van der Waals surface area (Å²) >= 11 is 0. The van der Waals surface area contributed by atoms with Gasteiger partial charge in [-0.15, -0.1) is 0 Å². The molecule has 104 valence electrons. The Morgan fingerprint density at radius 1 is 1.50 bits per heavy atom. The number of ether oxygens (including phenoxy) is 1. The SMILES string of the molecule is CC1(C)CCCNC1CNC(=O)NC1CCOC1. The van der Waals surface area contributed by atoms with Gasteiger partial charge in [-0.2, -0.15) is 0 Å². The van der Waals surface area contributed by atoms with Gasteiger partial charge in [-0.3, -0.25) is 0 Å². The van der Waals surface area contributed by atoms with Crippen molar-refractivity contribution in [1.82, 2.24) is 16.0 Å². The lowest BCUT2D eigenvalue weighted by molar-refractivity contribution is 0.173. The summed E-state index contributed by atoms with van der Waals surface area (Å²) in [5.74, 6) is 0. The van der Waals surface area contributed by atoms with Gasteiger partial charge in [0.05, 0.1) is 12.6 Å². The van der Waals surface area contributed by atoms with Crippen molar-refractivity contribution in [1.29, 1.82) is 0 Å². The van der Waals surface area contributed by atoms with E-state index in [1.807, 2.05) is 0 Å². The van der Waals surface area contributed by atoms with E-state index in [4.69, 9.17) is 4.74 Å². The quantitative estimate of drug-likeness (QED) is 0.700. The fourth-order valence-electron chi connectivity index (χ4n) is 2.70. The highest BCUT2D eigenvalue weighted by Gasteiger charge is 2.32. The zero-order valence-electron chi connectivity index (χ0n) is 11.4. The Bertz CT molecular complexity index is 288. The van der Waals surface area contributed by atoms with Gasteiger partial charge >= 0.3 is 6.03 Å². The molecule has 0 aliphatic carbocycles. The van der Waals surface area contributed by atoms with Crippen molar-refractivity contribution in [2.75, 3.05) is 26.3 Å². The van der Waals surface area contributed by atoms with Crippen LogP contribution in [0.2, 0.25) is 0 Å². The number of urea groups is 1. The molecule has 18 heavy (non-hydrogen) atoms. The first-order chi connectivity index (χ1) is 8.58. The Labute approximate surface area is 109 Å². The molecule has 2 aliphatic rings. The van der Waals surface area contributed by atoms with Gasteiger partial charge in [0.25, 0.3) is 0 Å². The predicted molar refractivity (Wildman–Crippen MR) is 70.6 cm³/mol. The Balaban J connectivity index is 1.71. The van der Waals surface area contributed by atoms with Crippen LogP contribution in [0.1, 0.15) is 33.1 Å². The molecular weight excluding hydrogens is 230 g/mol. The number of carbonyl (C=O) groups excluding carboxylic acids is 1. The first-order valence-corrected chi connectivity index (χ1v) is 6.93. The van der Waals surface area contributed by atoms with Crippen molar-refractivity contribution in [2.45, 2.75) is 45.2 Å². The fraction of sp³-hybridized carbons (Fsp3) is 0.923. The first-order valence-electron chi connectivity index (χ1n) is 6.93. The zero-order chi connectivity index (χ0) is 13.0. The minimum absolute atomic E-state index is 0.0753. The molecule has 0 aromatic heterocycles. The fourth-order valence-corrected chi connectivity index (χ4v) is 2.70. The number of rotatable bonds is 3. The summed E-state index contributed by atoms with van der Waals surface area (Å²) in [6.45, 7) is 7.64. The molecule has 5 nitrogen and oxygen atoms in total. The van der Waals surface area contributed by atoms with Gasteiger partial charge in [0, 0.05) is 19.2 Å². The van der Waals surface area contributed by atoms with E-state index >= 15 is 0 Å². The number of hydrogen-bond donors (Lipinski definition) is 3. The standard InChI is InChI=1S/C13H25N3O2/c1-13(2)5-3-6-14-11(13)8-15-12(17)16-10-4-7-18-9-10/h10-11,14H,3-9H2,1-2H3,(H2,15,16,17). The smallest absolute Gasteiger partial charge is 0.315 e. The zero-order valence-corrected chi connectivity index (χ0v) is 11.4. The second-order valence-corrected chi connectivity index (χ2v) is 6.01. The van der Waals surface area contributed by atoms with Crippen molar-refractivity contribution >= 4 is 6.03 Å². The van der Waals surface area contributed by atoms with Gasteiger partial charge in [0.1, 0.15) is 0 Å². The summed E-state index contributed by atoms with van der Waals surface area (Å²) in [7, 11) is 0. The van der Waals surface area contributed by atoms with Gasteiger partial charge < -0.3 is 20.7 Å². The van der Waals surface area contributed by atoms with Crippen molar-refractivity contribution in [3.8, 4) is 0 Å². The number of carbonyl (C=O) groups is 1. The summed E-state index contributed by atoms with van der Waals surface area (Å²) in [5.41, 5.74) is 0.252. The van der Waals surface area contributed by atoms with E-state index in [0.29, 0.717) is 19.2 Å². The maximum Gasteiger partial charge on any atom is 0.315 e. The molecule has 2 aliphatic heterocycles. The second kappa shape index (κ2) is 5.89. The van der Waals surface area contributed by atoms with Crippen LogP contribution in [0, 0.1) is 5.41 Å². The molecular formula is C13H25N3O2. The summed E-state index contributed by atoms with van der Waals surface area (Å²) in [6.07, 6.45) is 3.35. The monoisotopic (exact) mass is 255 g/mol. The number of hydrogen-bond acceptors (Lipinski definition) is 3. The van der Waals surface area contributed by atoms with Crippen LogP contribution < -0.4 is 16.0 Å². The number of nitrogens with one attached hydrogen (secondary N) is 3. The highest BCUT2D eigenvalue weighted by atomic mass is 16.5. The molecule has 2 heterocycles. The number of piperidine rings is 1. The molecule has 2 rings (SSSR count). The molecule has 2 unspecified atom stereocenters. The normalized spacial score (nSPS) is 31.0. The lowest BCUT2D eigenvalue weighted by Gasteiger charge is -2.39. The lowest BCUT2D eigenvalue weighted by Crippen LogP contribution is -2.54. The summed E-state index contributed by atoms with van der Waals surface area (Å²) in [5, 5.41) is 9.40. The average molecular weight is 255 g/mol. The number of amides is 2. The molecule has 0 spiro atoms. The maximum absolute atomic E-state index is 11.7. The Kier molecular flexibility index (Phi) is 4.45. The van der Waals surface area contributed by atoms with Gasteiger partial charge in [-0.25, -0.2) is 4.79 Å². The molecule has 0 bridgehead atoms. The van der Waals surface area contributed by atoms with Crippen molar-refractivity contribution in [2.24, 2.45) is 5.41 Å². The molecule has 0 aromatic rings. The van der Waals surface area contributed by atoms with Crippen LogP contribution in [0.25, 0.3) is 0 Å². The van der Waals surface area contributed by atoms with Crippen molar-refractivity contribution in [3.63, 3.8) is 0 Å². The largest absolute Gasteiger partial charge is 0.379 e. The molecule has 0 saturated carbocycles. The molecule has 3 N–H and O–H groups in total. The highest BCUT2D eigenvalue weighted by molar-refractivity contribution is 5.74. The van der Waals surface area contributed by atoms with Crippen LogP contribution >= 0.6 is 0 Å². The van der Waals surface area contributed by atoms with E-state index in [1.165, 1.54) is 12.8 Å². The van der Waals surface area contributed by atoms with Crippen LogP contribution in [0.3, 0.4) is 0 Å². The molecule has 2 amide bonds. The molecule has 0 aromatic carbocycles. The van der Waals surface area contributed by atoms with Crippen molar-refractivity contribution < 1.29 is 9.53 Å². The van der Waals surface area contributed by atoms with Crippen LogP contribution in [-0.2, 0) is 4.74 Å². The summed E-state index contributed by atoms with van der Waals surface area (Å²) < 4.78 is 5.23. The molecule has 5 heteroatoms. The van der Waals surface area contributed by atoms with E-state index in [-0.39, 0.29) is 17.5 Å². The summed E-state index contributed by atoms with van der Waals surface area (Å²) in [6, 6.07) is 0.461. The van der Waals surface area contributed by atoms with E-state index in [0.717, 1.165) is 19.6 Å².